The minimum atomic E-state index is -0.925. The van der Waals surface area contributed by atoms with Crippen molar-refractivity contribution in [2.24, 2.45) is 0 Å². The second kappa shape index (κ2) is 6.68. The lowest BCUT2D eigenvalue weighted by atomic mass is 10.1. The normalized spacial score (nSPS) is 15.6. The Morgan fingerprint density at radius 2 is 2.05 bits per heavy atom. The van der Waals surface area contributed by atoms with Crippen LogP contribution in [0.15, 0.2) is 42.6 Å². The highest BCUT2D eigenvalue weighted by Crippen LogP contribution is 2.19. The van der Waals surface area contributed by atoms with E-state index in [4.69, 9.17) is 9.84 Å². The molecule has 5 nitrogen and oxygen atoms in total. The van der Waals surface area contributed by atoms with Gasteiger partial charge in [-0.15, -0.1) is 0 Å². The Hall–Kier alpha value is -2.24. The molecule has 0 unspecified atom stereocenters. The molecule has 114 valence electrons. The molecular weight excluding hydrogens is 280 g/mol. The first-order chi connectivity index (χ1) is 10.7. The number of benzene rings is 1. The number of pyridine rings is 1. The van der Waals surface area contributed by atoms with Gasteiger partial charge in [0.25, 0.3) is 0 Å². The van der Waals surface area contributed by atoms with E-state index in [1.807, 2.05) is 24.4 Å². The maximum Gasteiger partial charge on any atom is 0.335 e. The zero-order valence-electron chi connectivity index (χ0n) is 12.2. The van der Waals surface area contributed by atoms with E-state index in [1.54, 1.807) is 18.2 Å². The van der Waals surface area contributed by atoms with Crippen molar-refractivity contribution < 1.29 is 14.6 Å². The number of morpholine rings is 1. The van der Waals surface area contributed by atoms with E-state index in [-0.39, 0.29) is 5.56 Å². The topological polar surface area (TPSA) is 62.7 Å². The van der Waals surface area contributed by atoms with Crippen molar-refractivity contribution in [3.63, 3.8) is 0 Å². The number of aromatic nitrogens is 1. The minimum Gasteiger partial charge on any atom is -0.478 e. The van der Waals surface area contributed by atoms with E-state index in [0.29, 0.717) is 0 Å². The highest BCUT2D eigenvalue weighted by molar-refractivity contribution is 5.89. The third kappa shape index (κ3) is 3.50. The molecular formula is C17H18N2O3. The average Bonchev–Trinajstić information content (AvgIpc) is 2.56. The summed E-state index contributed by atoms with van der Waals surface area (Å²) < 4.78 is 5.34. The SMILES string of the molecule is O=C(O)c1cccc(-c2ccc(CN3CCOCC3)cn2)c1. The Morgan fingerprint density at radius 1 is 1.23 bits per heavy atom. The van der Waals surface area contributed by atoms with Gasteiger partial charge in [-0.1, -0.05) is 18.2 Å². The number of rotatable bonds is 4. The molecule has 2 aromatic rings. The Labute approximate surface area is 129 Å². The molecule has 1 aromatic carbocycles. The van der Waals surface area contributed by atoms with Gasteiger partial charge in [-0.2, -0.15) is 0 Å². The second-order valence-electron chi connectivity index (χ2n) is 5.33. The maximum atomic E-state index is 11.0. The fourth-order valence-corrected chi connectivity index (χ4v) is 2.52. The molecule has 22 heavy (non-hydrogen) atoms. The Bertz CT molecular complexity index is 649. The molecule has 1 aromatic heterocycles. The first kappa shape index (κ1) is 14.7. The molecule has 1 fully saturated rings. The van der Waals surface area contributed by atoms with E-state index in [9.17, 15) is 4.79 Å². The summed E-state index contributed by atoms with van der Waals surface area (Å²) in [5, 5.41) is 9.05. The van der Waals surface area contributed by atoms with Gasteiger partial charge in [0.05, 0.1) is 24.5 Å². The van der Waals surface area contributed by atoms with E-state index in [2.05, 4.69) is 9.88 Å². The van der Waals surface area contributed by atoms with Gasteiger partial charge in [-0.25, -0.2) is 4.79 Å². The summed E-state index contributed by atoms with van der Waals surface area (Å²) in [5.74, 6) is -0.925. The van der Waals surface area contributed by atoms with E-state index >= 15 is 0 Å². The van der Waals surface area contributed by atoms with Crippen LogP contribution in [0.3, 0.4) is 0 Å². The van der Waals surface area contributed by atoms with Crippen molar-refractivity contribution in [2.75, 3.05) is 26.3 Å². The van der Waals surface area contributed by atoms with Gasteiger partial charge in [0.1, 0.15) is 0 Å². The highest BCUT2D eigenvalue weighted by atomic mass is 16.5. The molecule has 1 N–H and O–H groups in total. The smallest absolute Gasteiger partial charge is 0.335 e. The summed E-state index contributed by atoms with van der Waals surface area (Å²) in [6, 6.07) is 10.8. The molecule has 1 aliphatic rings. The summed E-state index contributed by atoms with van der Waals surface area (Å²) in [6.07, 6.45) is 1.86. The fraction of sp³-hybridized carbons (Fsp3) is 0.294. The zero-order chi connectivity index (χ0) is 15.4. The predicted octanol–water partition coefficient (Wildman–Crippen LogP) is 2.28. The van der Waals surface area contributed by atoms with Gasteiger partial charge in [-0.3, -0.25) is 9.88 Å². The number of nitrogens with zero attached hydrogens (tertiary/aromatic N) is 2. The summed E-state index contributed by atoms with van der Waals surface area (Å²) >= 11 is 0. The third-order valence-electron chi connectivity index (χ3n) is 3.74. The Morgan fingerprint density at radius 3 is 2.73 bits per heavy atom. The minimum absolute atomic E-state index is 0.275. The molecule has 0 saturated carbocycles. The monoisotopic (exact) mass is 298 g/mol. The number of carbonyl (C=O) groups is 1. The number of hydrogen-bond donors (Lipinski definition) is 1. The molecule has 3 rings (SSSR count). The summed E-state index contributed by atoms with van der Waals surface area (Å²) in [7, 11) is 0. The quantitative estimate of drug-likeness (QED) is 0.938. The molecule has 0 radical (unpaired) electrons. The summed E-state index contributed by atoms with van der Waals surface area (Å²) in [5.41, 5.74) is 3.03. The van der Waals surface area contributed by atoms with E-state index in [1.165, 1.54) is 0 Å². The molecule has 5 heteroatoms. The van der Waals surface area contributed by atoms with Crippen molar-refractivity contribution >= 4 is 5.97 Å². The van der Waals surface area contributed by atoms with Gasteiger partial charge in [-0.05, 0) is 23.8 Å². The first-order valence-electron chi connectivity index (χ1n) is 7.31. The van der Waals surface area contributed by atoms with Gasteiger partial charge >= 0.3 is 5.97 Å². The van der Waals surface area contributed by atoms with E-state index < -0.39 is 5.97 Å². The second-order valence-corrected chi connectivity index (χ2v) is 5.33. The van der Waals surface area contributed by atoms with Gasteiger partial charge in [0.2, 0.25) is 0 Å². The van der Waals surface area contributed by atoms with Crippen LogP contribution in [0.5, 0.6) is 0 Å². The van der Waals surface area contributed by atoms with Crippen molar-refractivity contribution in [3.8, 4) is 11.3 Å². The molecule has 0 bridgehead atoms. The van der Waals surface area contributed by atoms with E-state index in [0.717, 1.165) is 49.7 Å². The number of hydrogen-bond acceptors (Lipinski definition) is 4. The fourth-order valence-electron chi connectivity index (χ4n) is 2.52. The van der Waals surface area contributed by atoms with Gasteiger partial charge in [0, 0.05) is 31.4 Å². The van der Waals surface area contributed by atoms with Crippen LogP contribution in [0.2, 0.25) is 0 Å². The maximum absolute atomic E-state index is 11.0. The van der Waals surface area contributed by atoms with Crippen LogP contribution in [0, 0.1) is 0 Å². The molecule has 2 heterocycles. The summed E-state index contributed by atoms with van der Waals surface area (Å²) in [4.78, 5) is 17.8. The molecule has 0 aliphatic carbocycles. The van der Waals surface area contributed by atoms with Crippen LogP contribution in [-0.2, 0) is 11.3 Å². The van der Waals surface area contributed by atoms with Crippen LogP contribution in [0.4, 0.5) is 0 Å². The van der Waals surface area contributed by atoms with Crippen molar-refractivity contribution in [1.29, 1.82) is 0 Å². The number of carboxylic acid groups (broad SMARTS) is 1. The average molecular weight is 298 g/mol. The predicted molar refractivity (Wildman–Crippen MR) is 82.7 cm³/mol. The van der Waals surface area contributed by atoms with Crippen LogP contribution >= 0.6 is 0 Å². The van der Waals surface area contributed by atoms with Crippen LogP contribution in [-0.4, -0.2) is 47.3 Å². The van der Waals surface area contributed by atoms with Crippen LogP contribution in [0.25, 0.3) is 11.3 Å². The molecule has 0 spiro atoms. The Balaban J connectivity index is 1.73. The standard InChI is InChI=1S/C17H18N2O3/c20-17(21)15-3-1-2-14(10-15)16-5-4-13(11-18-16)12-19-6-8-22-9-7-19/h1-5,10-11H,6-9,12H2,(H,20,21). The van der Waals surface area contributed by atoms with Crippen molar-refractivity contribution in [1.82, 2.24) is 9.88 Å². The van der Waals surface area contributed by atoms with Crippen LogP contribution < -0.4 is 0 Å². The largest absolute Gasteiger partial charge is 0.478 e. The lowest BCUT2D eigenvalue weighted by molar-refractivity contribution is 0.0341. The molecule has 0 atom stereocenters. The lowest BCUT2D eigenvalue weighted by Gasteiger charge is -2.26. The number of aromatic carboxylic acids is 1. The lowest BCUT2D eigenvalue weighted by Crippen LogP contribution is -2.35. The third-order valence-corrected chi connectivity index (χ3v) is 3.74. The highest BCUT2D eigenvalue weighted by Gasteiger charge is 2.11. The van der Waals surface area contributed by atoms with Crippen LogP contribution in [0.1, 0.15) is 15.9 Å². The molecule has 0 amide bonds. The van der Waals surface area contributed by atoms with Crippen molar-refractivity contribution in [2.45, 2.75) is 6.54 Å². The first-order valence-corrected chi connectivity index (χ1v) is 7.31. The molecule has 1 aliphatic heterocycles. The summed E-state index contributed by atoms with van der Waals surface area (Å²) in [6.45, 7) is 4.33. The Kier molecular flexibility index (Phi) is 4.46. The molecule has 1 saturated heterocycles. The van der Waals surface area contributed by atoms with Gasteiger partial charge in [0.15, 0.2) is 0 Å². The number of ether oxygens (including phenoxy) is 1. The number of carboxylic acids is 1. The van der Waals surface area contributed by atoms with Crippen molar-refractivity contribution in [3.05, 3.63) is 53.7 Å². The zero-order valence-corrected chi connectivity index (χ0v) is 12.2. The van der Waals surface area contributed by atoms with Gasteiger partial charge < -0.3 is 9.84 Å².